The largest absolute Gasteiger partial charge is 0.378 e. The third kappa shape index (κ3) is 5.00. The van der Waals surface area contributed by atoms with E-state index in [1.165, 1.54) is 32.8 Å². The van der Waals surface area contributed by atoms with E-state index in [1.807, 2.05) is 0 Å². The summed E-state index contributed by atoms with van der Waals surface area (Å²) in [5.41, 5.74) is 0. The van der Waals surface area contributed by atoms with Crippen LogP contribution in [0.15, 0.2) is 0 Å². The van der Waals surface area contributed by atoms with Crippen molar-refractivity contribution >= 4 is 0 Å². The van der Waals surface area contributed by atoms with E-state index in [2.05, 4.69) is 6.92 Å². The molecule has 0 bridgehead atoms. The highest BCUT2D eigenvalue weighted by Gasteiger charge is 2.52. The number of ether oxygens (including phenoxy) is 1. The Bertz CT molecular complexity index is 455. The van der Waals surface area contributed by atoms with Crippen molar-refractivity contribution in [1.29, 1.82) is 0 Å². The Kier molecular flexibility index (Phi) is 7.13. The molecular formula is C22H36F4O. The van der Waals surface area contributed by atoms with Crippen LogP contribution < -0.4 is 0 Å². The Morgan fingerprint density at radius 3 is 1.89 bits per heavy atom. The molecule has 0 saturated heterocycles. The maximum absolute atomic E-state index is 14.8. The molecule has 3 saturated carbocycles. The predicted octanol–water partition coefficient (Wildman–Crippen LogP) is 6.75. The van der Waals surface area contributed by atoms with Crippen molar-refractivity contribution < 1.29 is 22.3 Å². The van der Waals surface area contributed by atoms with Gasteiger partial charge in [0.15, 0.2) is 6.17 Å². The molecule has 0 N–H and O–H groups in total. The molecule has 0 aromatic rings. The zero-order valence-electron chi connectivity index (χ0n) is 16.8. The van der Waals surface area contributed by atoms with E-state index in [-0.39, 0.29) is 25.2 Å². The van der Waals surface area contributed by atoms with Crippen molar-refractivity contribution in [1.82, 2.24) is 0 Å². The Labute approximate surface area is 161 Å². The average Bonchev–Trinajstić information content (AvgIpc) is 2.65. The quantitative estimate of drug-likeness (QED) is 0.471. The number of hydrogen-bond acceptors (Lipinski definition) is 1. The van der Waals surface area contributed by atoms with Crippen molar-refractivity contribution in [3.05, 3.63) is 0 Å². The van der Waals surface area contributed by atoms with Crippen LogP contribution in [0.2, 0.25) is 0 Å². The maximum Gasteiger partial charge on any atom is 0.254 e. The van der Waals surface area contributed by atoms with Crippen LogP contribution in [-0.2, 0) is 4.74 Å². The van der Waals surface area contributed by atoms with E-state index in [4.69, 9.17) is 4.74 Å². The van der Waals surface area contributed by atoms with Gasteiger partial charge in [0.05, 0.1) is 12.0 Å². The van der Waals surface area contributed by atoms with E-state index in [0.29, 0.717) is 5.92 Å². The van der Waals surface area contributed by atoms with Crippen molar-refractivity contribution in [3.63, 3.8) is 0 Å². The summed E-state index contributed by atoms with van der Waals surface area (Å²) in [4.78, 5) is 0. The van der Waals surface area contributed by atoms with Gasteiger partial charge in [-0.3, -0.25) is 0 Å². The van der Waals surface area contributed by atoms with Crippen LogP contribution in [-0.4, -0.2) is 31.5 Å². The van der Waals surface area contributed by atoms with Crippen LogP contribution in [0.3, 0.4) is 0 Å². The molecule has 0 amide bonds. The highest BCUT2D eigenvalue weighted by atomic mass is 19.3. The lowest BCUT2D eigenvalue weighted by molar-refractivity contribution is -0.153. The maximum atomic E-state index is 14.8. The fraction of sp³-hybridized carbons (Fsp3) is 1.00. The first kappa shape index (κ1) is 21.4. The minimum absolute atomic E-state index is 0.00268. The first-order valence-corrected chi connectivity index (χ1v) is 11.0. The van der Waals surface area contributed by atoms with Gasteiger partial charge in [-0.25, -0.2) is 17.6 Å². The number of hydrogen-bond donors (Lipinski definition) is 0. The van der Waals surface area contributed by atoms with Crippen LogP contribution in [0.25, 0.3) is 0 Å². The summed E-state index contributed by atoms with van der Waals surface area (Å²) in [6, 6.07) is 0. The van der Waals surface area contributed by atoms with Gasteiger partial charge >= 0.3 is 0 Å². The van der Waals surface area contributed by atoms with Crippen molar-refractivity contribution in [2.75, 3.05) is 7.11 Å². The summed E-state index contributed by atoms with van der Waals surface area (Å²) in [6.07, 6.45) is 3.81. The predicted molar refractivity (Wildman–Crippen MR) is 99.4 cm³/mol. The molecule has 5 heteroatoms. The van der Waals surface area contributed by atoms with Gasteiger partial charge in [0, 0.05) is 13.5 Å². The lowest BCUT2D eigenvalue weighted by atomic mass is 9.68. The lowest BCUT2D eigenvalue weighted by Crippen LogP contribution is -2.49. The average molecular weight is 393 g/mol. The zero-order chi connectivity index (χ0) is 19.6. The monoisotopic (exact) mass is 392 g/mol. The van der Waals surface area contributed by atoms with Gasteiger partial charge in [0.2, 0.25) is 0 Å². The highest BCUT2D eigenvalue weighted by Crippen LogP contribution is 2.47. The third-order valence-corrected chi connectivity index (χ3v) is 7.83. The molecular weight excluding hydrogens is 356 g/mol. The summed E-state index contributed by atoms with van der Waals surface area (Å²) in [7, 11) is 1.31. The zero-order valence-corrected chi connectivity index (χ0v) is 16.8. The first-order valence-electron chi connectivity index (χ1n) is 11.0. The molecule has 0 heterocycles. The Balaban J connectivity index is 1.49. The number of alkyl halides is 4. The number of halogens is 4. The van der Waals surface area contributed by atoms with Crippen molar-refractivity contribution in [2.24, 2.45) is 29.6 Å². The summed E-state index contributed by atoms with van der Waals surface area (Å²) in [5, 5.41) is 0. The van der Waals surface area contributed by atoms with E-state index >= 15 is 0 Å². The molecule has 3 aliphatic carbocycles. The molecule has 3 fully saturated rings. The highest BCUT2D eigenvalue weighted by molar-refractivity contribution is 4.96. The summed E-state index contributed by atoms with van der Waals surface area (Å²) in [5.74, 6) is -2.39. The van der Waals surface area contributed by atoms with Crippen molar-refractivity contribution in [2.45, 2.75) is 102 Å². The van der Waals surface area contributed by atoms with Gasteiger partial charge in [0.1, 0.15) is 6.17 Å². The van der Waals surface area contributed by atoms with E-state index in [9.17, 15) is 17.6 Å². The lowest BCUT2D eigenvalue weighted by Gasteiger charge is -2.41. The van der Waals surface area contributed by atoms with Crippen LogP contribution >= 0.6 is 0 Å². The normalized spacial score (nSPS) is 44.2. The van der Waals surface area contributed by atoms with E-state index in [0.717, 1.165) is 37.5 Å². The second-order valence-electron chi connectivity index (χ2n) is 9.61. The SMILES string of the molecule is COC1CCC(C(F)(F)CC2CCC(C3CCC(C)CC3)CC2)C(F)C1F. The van der Waals surface area contributed by atoms with Gasteiger partial charge in [-0.15, -0.1) is 0 Å². The molecule has 3 aliphatic rings. The molecule has 0 radical (unpaired) electrons. The molecule has 0 spiro atoms. The fourth-order valence-corrected chi connectivity index (χ4v) is 5.94. The minimum Gasteiger partial charge on any atom is -0.378 e. The van der Waals surface area contributed by atoms with Crippen LogP contribution in [0, 0.1) is 29.6 Å². The van der Waals surface area contributed by atoms with Gasteiger partial charge in [-0.05, 0) is 75.0 Å². The molecule has 27 heavy (non-hydrogen) atoms. The molecule has 3 rings (SSSR count). The molecule has 0 aromatic heterocycles. The second kappa shape index (κ2) is 9.00. The smallest absolute Gasteiger partial charge is 0.254 e. The Hall–Kier alpha value is -0.320. The summed E-state index contributed by atoms with van der Waals surface area (Å²) in [6.45, 7) is 2.31. The molecule has 4 atom stereocenters. The van der Waals surface area contributed by atoms with Gasteiger partial charge in [-0.1, -0.05) is 19.8 Å². The first-order chi connectivity index (χ1) is 12.8. The second-order valence-corrected chi connectivity index (χ2v) is 9.61. The fourth-order valence-electron chi connectivity index (χ4n) is 5.94. The summed E-state index contributed by atoms with van der Waals surface area (Å²) >= 11 is 0. The molecule has 0 aromatic carbocycles. The third-order valence-electron chi connectivity index (χ3n) is 7.83. The van der Waals surface area contributed by atoms with Gasteiger partial charge < -0.3 is 4.74 Å². The Morgan fingerprint density at radius 2 is 1.33 bits per heavy atom. The number of methoxy groups -OCH3 is 1. The minimum atomic E-state index is -3.12. The van der Waals surface area contributed by atoms with E-state index in [1.54, 1.807) is 0 Å². The van der Waals surface area contributed by atoms with Crippen molar-refractivity contribution in [3.8, 4) is 0 Å². The Morgan fingerprint density at radius 1 is 0.778 bits per heavy atom. The topological polar surface area (TPSA) is 9.23 Å². The van der Waals surface area contributed by atoms with Crippen LogP contribution in [0.5, 0.6) is 0 Å². The molecule has 0 aliphatic heterocycles. The number of rotatable bonds is 5. The molecule has 4 unspecified atom stereocenters. The van der Waals surface area contributed by atoms with Gasteiger partial charge in [0.25, 0.3) is 5.92 Å². The van der Waals surface area contributed by atoms with Crippen LogP contribution in [0.4, 0.5) is 17.6 Å². The van der Waals surface area contributed by atoms with Gasteiger partial charge in [-0.2, -0.15) is 0 Å². The standard InChI is InChI=1S/C22H36F4O/c1-14-3-7-16(8-4-14)17-9-5-15(6-10-17)13-22(25,26)18-11-12-19(27-2)21(24)20(18)23/h14-21H,3-13H2,1-2H3. The summed E-state index contributed by atoms with van der Waals surface area (Å²) < 4.78 is 62.9. The van der Waals surface area contributed by atoms with E-state index < -0.39 is 30.3 Å². The molecule has 1 nitrogen and oxygen atoms in total. The molecule has 158 valence electrons. The van der Waals surface area contributed by atoms with Crippen LogP contribution in [0.1, 0.15) is 77.6 Å².